The van der Waals surface area contributed by atoms with Crippen LogP contribution in [-0.4, -0.2) is 62.8 Å². The standard InChI is InChI=1S/4C17H21N3O/c18-16-14-7-1-2-10-15(14)20(19-16)17(21)13-9-4-6-11-5-3-8-12(11)13;3*18-16-14-7-1-2-10-15(14)19-20(16)17(21)13-9-4-6-11-5-3-8-12(11)13/h3,8,13H,1-2,4-7,9-10H2,(H2,18,19);3*3,8,13H,1-2,4-7,9-10,18H2/t;2*13-;/m.10./s1. The van der Waals surface area contributed by atoms with Crippen molar-refractivity contribution in [3.05, 3.63) is 138 Å². The Morgan fingerprint density at radius 3 is 0.940 bits per heavy atom. The third-order valence-corrected chi connectivity index (χ3v) is 20.5. The number of aromatic nitrogens is 8. The topological polar surface area (TPSA) is 244 Å². The molecular weight excluding hydrogens is 1050 g/mol. The maximum atomic E-state index is 13.0. The number of hydrogen-bond acceptors (Lipinski definition) is 12. The molecule has 440 valence electrons. The summed E-state index contributed by atoms with van der Waals surface area (Å²) in [6.45, 7) is 0. The fourth-order valence-corrected chi connectivity index (χ4v) is 16.1. The van der Waals surface area contributed by atoms with Gasteiger partial charge in [-0.3, -0.25) is 19.2 Å². The number of fused-ring (bicyclic) bond motifs is 4. The van der Waals surface area contributed by atoms with Crippen LogP contribution in [0.2, 0.25) is 0 Å². The normalized spacial score (nSPS) is 24.1. The molecule has 4 heterocycles. The summed E-state index contributed by atoms with van der Waals surface area (Å²) in [6, 6.07) is 0. The molecule has 16 rings (SSSR count). The fraction of sp³-hybridized carbons (Fsp3) is 0.529. The zero-order chi connectivity index (χ0) is 57.6. The quantitative estimate of drug-likeness (QED) is 0.149. The molecule has 4 aromatic heterocycles. The lowest BCUT2D eigenvalue weighted by Gasteiger charge is -2.24. The van der Waals surface area contributed by atoms with Crippen molar-refractivity contribution in [3.63, 3.8) is 0 Å². The molecule has 0 radical (unpaired) electrons. The lowest BCUT2D eigenvalue weighted by Crippen LogP contribution is -2.28. The molecule has 0 bridgehead atoms. The van der Waals surface area contributed by atoms with Gasteiger partial charge in [0.2, 0.25) is 0 Å². The van der Waals surface area contributed by atoms with Crippen molar-refractivity contribution in [1.29, 1.82) is 0 Å². The zero-order valence-corrected chi connectivity index (χ0v) is 49.1. The number of allylic oxidation sites excluding steroid dienone is 16. The number of nitrogens with zero attached hydrogens (tertiary/aromatic N) is 8. The summed E-state index contributed by atoms with van der Waals surface area (Å²) in [6.07, 6.45) is 50.8. The summed E-state index contributed by atoms with van der Waals surface area (Å²) in [5.74, 6) is 2.51. The Hall–Kier alpha value is -7.36. The van der Waals surface area contributed by atoms with Gasteiger partial charge in [0.25, 0.3) is 23.6 Å². The molecule has 0 aromatic carbocycles. The summed E-state index contributed by atoms with van der Waals surface area (Å²) in [4.78, 5) is 51.8. The SMILES string of the molecule is Nc1c2c(nn1C(=O)C1CCCC3=C1C=CC3)CCCC2.Nc1c2c(nn1C(=O)[C@@H]1CCCC3=C1C=CC3)CCCC2.Nc1c2c(nn1C(=O)[C@H]1CCCC3=C1C=CC3)CCCC2.Nc1nn(C(=O)C2CCCC3=C2C=CC3)c2c1CCCC2. The maximum Gasteiger partial charge on any atom is 0.256 e. The van der Waals surface area contributed by atoms with Crippen LogP contribution >= 0.6 is 0 Å². The molecule has 0 aliphatic heterocycles. The van der Waals surface area contributed by atoms with Crippen molar-refractivity contribution in [1.82, 2.24) is 39.1 Å². The molecule has 0 amide bonds. The molecule has 4 aromatic rings. The molecule has 16 nitrogen and oxygen atoms in total. The van der Waals surface area contributed by atoms with Crippen LogP contribution in [0.15, 0.2) is 93.2 Å². The smallest absolute Gasteiger partial charge is 0.256 e. The van der Waals surface area contributed by atoms with Crippen LogP contribution in [-0.2, 0) is 51.4 Å². The van der Waals surface area contributed by atoms with E-state index in [0.717, 1.165) is 250 Å². The van der Waals surface area contributed by atoms with Crippen molar-refractivity contribution in [2.24, 2.45) is 23.7 Å². The van der Waals surface area contributed by atoms with E-state index in [2.05, 4.69) is 69.0 Å². The highest BCUT2D eigenvalue weighted by Gasteiger charge is 2.37. The van der Waals surface area contributed by atoms with E-state index in [-0.39, 0.29) is 47.3 Å². The van der Waals surface area contributed by atoms with E-state index in [1.54, 1.807) is 4.68 Å². The van der Waals surface area contributed by atoms with Gasteiger partial charge >= 0.3 is 0 Å². The number of carbonyl (C=O) groups excluding carboxylic acids is 4. The largest absolute Gasteiger partial charge is 0.383 e. The van der Waals surface area contributed by atoms with E-state index < -0.39 is 0 Å². The summed E-state index contributed by atoms with van der Waals surface area (Å²) in [5.41, 5.74) is 44.0. The second-order valence-electron chi connectivity index (χ2n) is 25.5. The Balaban J connectivity index is 0.000000104. The lowest BCUT2D eigenvalue weighted by atomic mass is 9.83. The second-order valence-corrected chi connectivity index (χ2v) is 25.5. The summed E-state index contributed by atoms with van der Waals surface area (Å²) < 4.78 is 6.14. The molecule has 0 spiro atoms. The maximum absolute atomic E-state index is 13.0. The van der Waals surface area contributed by atoms with Crippen LogP contribution in [0, 0.1) is 23.7 Å². The van der Waals surface area contributed by atoms with Gasteiger partial charge in [0, 0.05) is 22.3 Å². The molecule has 84 heavy (non-hydrogen) atoms. The first kappa shape index (κ1) is 55.8. The Morgan fingerprint density at radius 1 is 0.333 bits per heavy atom. The number of aryl methyl sites for hydroxylation is 3. The third kappa shape index (κ3) is 10.5. The van der Waals surface area contributed by atoms with E-state index in [1.807, 2.05) is 0 Å². The Bertz CT molecular complexity index is 3310. The highest BCUT2D eigenvalue weighted by atomic mass is 16.2. The third-order valence-electron chi connectivity index (χ3n) is 20.5. The molecule has 12 aliphatic rings. The number of anilines is 4. The molecule has 2 unspecified atom stereocenters. The van der Waals surface area contributed by atoms with Gasteiger partial charge in [0.15, 0.2) is 0 Å². The van der Waals surface area contributed by atoms with Crippen LogP contribution < -0.4 is 22.9 Å². The van der Waals surface area contributed by atoms with Gasteiger partial charge in [-0.15, -0.1) is 5.10 Å². The second kappa shape index (κ2) is 24.0. The monoisotopic (exact) mass is 1130 g/mol. The molecule has 8 N–H and O–H groups in total. The average molecular weight is 1130 g/mol. The van der Waals surface area contributed by atoms with Gasteiger partial charge in [-0.2, -0.15) is 29.3 Å². The number of carbonyl (C=O) groups is 4. The molecule has 0 fully saturated rings. The summed E-state index contributed by atoms with van der Waals surface area (Å²) >= 11 is 0. The van der Waals surface area contributed by atoms with E-state index in [9.17, 15) is 19.2 Å². The first-order valence-corrected chi connectivity index (χ1v) is 32.2. The van der Waals surface area contributed by atoms with Crippen molar-refractivity contribution in [3.8, 4) is 0 Å². The summed E-state index contributed by atoms with van der Waals surface area (Å²) in [5, 5.41) is 18.0. The van der Waals surface area contributed by atoms with Crippen LogP contribution in [0.3, 0.4) is 0 Å². The van der Waals surface area contributed by atoms with E-state index in [1.165, 1.54) is 58.6 Å². The van der Waals surface area contributed by atoms with Crippen molar-refractivity contribution in [2.45, 2.75) is 205 Å². The van der Waals surface area contributed by atoms with E-state index in [0.29, 0.717) is 23.3 Å². The predicted molar refractivity (Wildman–Crippen MR) is 328 cm³/mol. The molecule has 0 saturated carbocycles. The minimum Gasteiger partial charge on any atom is -0.383 e. The number of nitrogen functional groups attached to an aromatic ring is 4. The van der Waals surface area contributed by atoms with E-state index in [4.69, 9.17) is 22.9 Å². The lowest BCUT2D eigenvalue weighted by molar-refractivity contribution is 0.0819. The van der Waals surface area contributed by atoms with Crippen LogP contribution in [0.5, 0.6) is 0 Å². The van der Waals surface area contributed by atoms with Gasteiger partial charge in [-0.1, -0.05) is 70.9 Å². The van der Waals surface area contributed by atoms with Crippen LogP contribution in [0.25, 0.3) is 0 Å². The highest BCUT2D eigenvalue weighted by Crippen LogP contribution is 2.43. The first-order chi connectivity index (χ1) is 41.0. The zero-order valence-electron chi connectivity index (χ0n) is 49.1. The van der Waals surface area contributed by atoms with Gasteiger partial charge < -0.3 is 22.9 Å². The molecular formula is C68H84N12O4. The Kier molecular flexibility index (Phi) is 15.9. The van der Waals surface area contributed by atoms with Gasteiger partial charge in [-0.25, -0.2) is 4.68 Å². The van der Waals surface area contributed by atoms with Gasteiger partial charge in [0.1, 0.15) is 23.3 Å². The number of rotatable bonds is 4. The van der Waals surface area contributed by atoms with Crippen molar-refractivity contribution >= 4 is 46.9 Å². The summed E-state index contributed by atoms with van der Waals surface area (Å²) in [7, 11) is 0. The van der Waals surface area contributed by atoms with Crippen LogP contribution in [0.4, 0.5) is 23.3 Å². The molecule has 16 heteroatoms. The Morgan fingerprint density at radius 2 is 0.619 bits per heavy atom. The van der Waals surface area contributed by atoms with Gasteiger partial charge in [0.05, 0.1) is 46.4 Å². The Labute approximate surface area is 493 Å². The van der Waals surface area contributed by atoms with Crippen molar-refractivity contribution < 1.29 is 19.2 Å². The molecule has 12 aliphatic carbocycles. The predicted octanol–water partition coefficient (Wildman–Crippen LogP) is 12.2. The van der Waals surface area contributed by atoms with Crippen LogP contribution in [0.1, 0.15) is 218 Å². The number of hydrogen-bond donors (Lipinski definition) is 4. The van der Waals surface area contributed by atoms with Gasteiger partial charge in [-0.05, 0) is 228 Å². The average Bonchev–Trinajstić information content (AvgIpc) is 4.61. The minimum atomic E-state index is -0.0452. The number of nitrogens with two attached hydrogens (primary N) is 4. The highest BCUT2D eigenvalue weighted by molar-refractivity contribution is 5.90. The minimum absolute atomic E-state index is 0.0159. The van der Waals surface area contributed by atoms with Crippen molar-refractivity contribution in [2.75, 3.05) is 22.9 Å². The molecule has 4 atom stereocenters. The van der Waals surface area contributed by atoms with E-state index >= 15 is 0 Å². The fourth-order valence-electron chi connectivity index (χ4n) is 16.1. The first-order valence-electron chi connectivity index (χ1n) is 32.2. The molecule has 0 saturated heterocycles.